The lowest BCUT2D eigenvalue weighted by Crippen LogP contribution is -2.48. The fourth-order valence-electron chi connectivity index (χ4n) is 4.28. The molecule has 2 aliphatic carbocycles. The number of nitrogens with one attached hydrogen (secondary N) is 1. The molecule has 26 heavy (non-hydrogen) atoms. The van der Waals surface area contributed by atoms with E-state index in [2.05, 4.69) is 5.32 Å². The molecule has 3 atom stereocenters. The van der Waals surface area contributed by atoms with Gasteiger partial charge in [0.2, 0.25) is 5.91 Å². The van der Waals surface area contributed by atoms with Gasteiger partial charge in [0.05, 0.1) is 5.69 Å². The lowest BCUT2D eigenvalue weighted by Gasteiger charge is -2.30. The zero-order chi connectivity index (χ0) is 19.1. The van der Waals surface area contributed by atoms with E-state index in [1.165, 1.54) is 37.7 Å². The SMILES string of the molecule is Cc1ccc(C)c(N(CC(=O)N[C@@H]2C[C@@H]3CC[C@@H]2C3)S(=O)(=O)N(C)C)c1. The van der Waals surface area contributed by atoms with Crippen molar-refractivity contribution in [2.45, 2.75) is 45.6 Å². The summed E-state index contributed by atoms with van der Waals surface area (Å²) in [5.74, 6) is 1.06. The lowest BCUT2D eigenvalue weighted by molar-refractivity contribution is -0.120. The number of anilines is 1. The Morgan fingerprint density at radius 3 is 2.50 bits per heavy atom. The maximum absolute atomic E-state index is 12.9. The molecule has 0 aliphatic heterocycles. The molecule has 2 saturated carbocycles. The van der Waals surface area contributed by atoms with Crippen molar-refractivity contribution in [3.8, 4) is 0 Å². The summed E-state index contributed by atoms with van der Waals surface area (Å²) < 4.78 is 28.1. The van der Waals surface area contributed by atoms with E-state index >= 15 is 0 Å². The molecule has 0 unspecified atom stereocenters. The zero-order valence-electron chi connectivity index (χ0n) is 16.0. The predicted octanol–water partition coefficient (Wildman–Crippen LogP) is 2.22. The number of amides is 1. The van der Waals surface area contributed by atoms with Crippen molar-refractivity contribution >= 4 is 21.8 Å². The van der Waals surface area contributed by atoms with Crippen molar-refractivity contribution in [2.75, 3.05) is 24.9 Å². The number of benzene rings is 1. The second kappa shape index (κ2) is 7.19. The van der Waals surface area contributed by atoms with Gasteiger partial charge in [-0.3, -0.25) is 4.79 Å². The quantitative estimate of drug-likeness (QED) is 0.824. The van der Waals surface area contributed by atoms with Gasteiger partial charge < -0.3 is 5.32 Å². The highest BCUT2D eigenvalue weighted by Gasteiger charge is 2.40. The molecular weight excluding hydrogens is 350 g/mol. The summed E-state index contributed by atoms with van der Waals surface area (Å²) in [5.41, 5.74) is 2.34. The Labute approximate surface area is 156 Å². The van der Waals surface area contributed by atoms with Crippen LogP contribution in [0.4, 0.5) is 5.69 Å². The molecular formula is C19H29N3O3S. The number of fused-ring (bicyclic) bond motifs is 2. The monoisotopic (exact) mass is 379 g/mol. The number of carbonyl (C=O) groups is 1. The predicted molar refractivity (Wildman–Crippen MR) is 103 cm³/mol. The van der Waals surface area contributed by atoms with Crippen LogP contribution in [-0.2, 0) is 15.0 Å². The molecule has 7 heteroatoms. The average Bonchev–Trinajstić information content (AvgIpc) is 3.17. The molecule has 3 rings (SSSR count). The van der Waals surface area contributed by atoms with E-state index < -0.39 is 10.2 Å². The van der Waals surface area contributed by atoms with Crippen LogP contribution < -0.4 is 9.62 Å². The number of hydrogen-bond acceptors (Lipinski definition) is 3. The molecule has 6 nitrogen and oxygen atoms in total. The molecule has 0 saturated heterocycles. The minimum atomic E-state index is -3.76. The second-order valence-corrected chi connectivity index (χ2v) is 10.0. The van der Waals surface area contributed by atoms with Gasteiger partial charge >= 0.3 is 10.2 Å². The van der Waals surface area contributed by atoms with Crippen LogP contribution in [0.5, 0.6) is 0 Å². The maximum Gasteiger partial charge on any atom is 0.304 e. The minimum Gasteiger partial charge on any atom is -0.352 e. The molecule has 1 aromatic carbocycles. The Balaban J connectivity index is 1.82. The molecule has 1 N–H and O–H groups in total. The third-order valence-electron chi connectivity index (χ3n) is 5.74. The van der Waals surface area contributed by atoms with Gasteiger partial charge in [0.25, 0.3) is 0 Å². The first-order valence-electron chi connectivity index (χ1n) is 9.25. The van der Waals surface area contributed by atoms with E-state index in [0.717, 1.165) is 27.8 Å². The summed E-state index contributed by atoms with van der Waals surface area (Å²) in [5, 5.41) is 3.09. The summed E-state index contributed by atoms with van der Waals surface area (Å²) in [6.07, 6.45) is 4.66. The molecule has 2 bridgehead atoms. The van der Waals surface area contributed by atoms with Crippen LogP contribution in [0.1, 0.15) is 36.8 Å². The molecule has 0 heterocycles. The Morgan fingerprint density at radius 1 is 1.19 bits per heavy atom. The fourth-order valence-corrected chi connectivity index (χ4v) is 5.40. The molecule has 0 radical (unpaired) electrons. The highest BCUT2D eigenvalue weighted by molar-refractivity contribution is 7.90. The van der Waals surface area contributed by atoms with Crippen LogP contribution in [0.25, 0.3) is 0 Å². The number of carbonyl (C=O) groups excluding carboxylic acids is 1. The lowest BCUT2D eigenvalue weighted by atomic mass is 9.95. The zero-order valence-corrected chi connectivity index (χ0v) is 16.8. The van der Waals surface area contributed by atoms with Gasteiger partial charge in [-0.2, -0.15) is 12.7 Å². The van der Waals surface area contributed by atoms with E-state index in [4.69, 9.17) is 0 Å². The molecule has 0 aromatic heterocycles. The highest BCUT2D eigenvalue weighted by atomic mass is 32.2. The Morgan fingerprint density at radius 2 is 1.92 bits per heavy atom. The van der Waals surface area contributed by atoms with Crippen molar-refractivity contribution in [1.82, 2.24) is 9.62 Å². The molecule has 1 amide bonds. The molecule has 2 fully saturated rings. The van der Waals surface area contributed by atoms with Crippen molar-refractivity contribution in [1.29, 1.82) is 0 Å². The standard InChI is InChI=1S/C19H29N3O3S/c1-13-5-6-14(2)18(9-13)22(26(24,25)21(3)4)12-19(23)20-17-11-15-7-8-16(17)10-15/h5-6,9,15-17H,7-8,10-12H2,1-4H3,(H,20,23)/t15-,16-,17-/m1/s1. The van der Waals surface area contributed by atoms with Crippen LogP contribution in [0.2, 0.25) is 0 Å². The van der Waals surface area contributed by atoms with E-state index in [1.807, 2.05) is 32.0 Å². The van der Waals surface area contributed by atoms with Crippen molar-refractivity contribution in [2.24, 2.45) is 11.8 Å². The Kier molecular flexibility index (Phi) is 5.30. The van der Waals surface area contributed by atoms with E-state index in [9.17, 15) is 13.2 Å². The van der Waals surface area contributed by atoms with Crippen LogP contribution in [0.3, 0.4) is 0 Å². The van der Waals surface area contributed by atoms with E-state index in [-0.39, 0.29) is 18.5 Å². The van der Waals surface area contributed by atoms with Gasteiger partial charge in [0.15, 0.2) is 0 Å². The topological polar surface area (TPSA) is 69.7 Å². The smallest absolute Gasteiger partial charge is 0.304 e. The van der Waals surface area contributed by atoms with Gasteiger partial charge in [-0.15, -0.1) is 0 Å². The van der Waals surface area contributed by atoms with Crippen LogP contribution in [0, 0.1) is 25.7 Å². The summed E-state index contributed by atoms with van der Waals surface area (Å²) >= 11 is 0. The first kappa shape index (κ1) is 19.2. The van der Waals surface area contributed by atoms with Crippen LogP contribution in [-0.4, -0.2) is 45.3 Å². The average molecular weight is 380 g/mol. The maximum atomic E-state index is 12.9. The minimum absolute atomic E-state index is 0.196. The third kappa shape index (κ3) is 3.74. The van der Waals surface area contributed by atoms with Gasteiger partial charge in [-0.05, 0) is 62.1 Å². The molecule has 1 aromatic rings. The number of nitrogens with zero attached hydrogens (tertiary/aromatic N) is 2. The van der Waals surface area contributed by atoms with Gasteiger partial charge in [-0.1, -0.05) is 18.6 Å². The van der Waals surface area contributed by atoms with Crippen LogP contribution >= 0.6 is 0 Å². The normalized spacial score (nSPS) is 24.9. The van der Waals surface area contributed by atoms with Crippen molar-refractivity contribution in [3.63, 3.8) is 0 Å². The first-order valence-corrected chi connectivity index (χ1v) is 10.6. The molecule has 2 aliphatic rings. The summed E-state index contributed by atoms with van der Waals surface area (Å²) in [6, 6.07) is 5.84. The Bertz CT molecular complexity index is 791. The fraction of sp³-hybridized carbons (Fsp3) is 0.632. The summed E-state index contributed by atoms with van der Waals surface area (Å²) in [7, 11) is -0.790. The summed E-state index contributed by atoms with van der Waals surface area (Å²) in [4.78, 5) is 12.7. The third-order valence-corrected chi connectivity index (χ3v) is 7.55. The van der Waals surface area contributed by atoms with Gasteiger partial charge in [-0.25, -0.2) is 4.31 Å². The second-order valence-electron chi connectivity index (χ2n) is 7.94. The summed E-state index contributed by atoms with van der Waals surface area (Å²) in [6.45, 7) is 3.58. The largest absolute Gasteiger partial charge is 0.352 e. The van der Waals surface area contributed by atoms with E-state index in [0.29, 0.717) is 11.6 Å². The molecule has 0 spiro atoms. The van der Waals surface area contributed by atoms with E-state index in [1.54, 1.807) is 0 Å². The highest BCUT2D eigenvalue weighted by Crippen LogP contribution is 2.44. The van der Waals surface area contributed by atoms with Crippen molar-refractivity contribution < 1.29 is 13.2 Å². The van der Waals surface area contributed by atoms with Gasteiger partial charge in [0.1, 0.15) is 6.54 Å². The number of rotatable bonds is 6. The van der Waals surface area contributed by atoms with Crippen molar-refractivity contribution in [3.05, 3.63) is 29.3 Å². The molecule has 144 valence electrons. The van der Waals surface area contributed by atoms with Crippen LogP contribution in [0.15, 0.2) is 18.2 Å². The number of aryl methyl sites for hydroxylation is 2. The number of hydrogen-bond donors (Lipinski definition) is 1. The van der Waals surface area contributed by atoms with Gasteiger partial charge in [0, 0.05) is 20.1 Å². The first-order chi connectivity index (χ1) is 12.2. The Hall–Kier alpha value is -1.60.